The quantitative estimate of drug-likeness (QED) is 0.415. The van der Waals surface area contributed by atoms with E-state index in [1.165, 1.54) is 32.3 Å². The summed E-state index contributed by atoms with van der Waals surface area (Å²) in [5.74, 6) is 0.489. The van der Waals surface area contributed by atoms with E-state index >= 15 is 0 Å². The van der Waals surface area contributed by atoms with Crippen LogP contribution in [0.15, 0.2) is 103 Å². The summed E-state index contributed by atoms with van der Waals surface area (Å²) < 4.78 is 0. The summed E-state index contributed by atoms with van der Waals surface area (Å²) >= 11 is 0. The normalized spacial score (nSPS) is 14.0. The van der Waals surface area contributed by atoms with Gasteiger partial charge in [-0.25, -0.2) is 0 Å². The molecule has 28 heavy (non-hydrogen) atoms. The maximum atomic E-state index is 2.38. The van der Waals surface area contributed by atoms with E-state index in [4.69, 9.17) is 0 Å². The SMILES string of the molecule is CC(C)c1cccc2c1[Si](c1ccccc1)(c1ccccc1)c1ccccc1-2. The Morgan fingerprint density at radius 3 is 1.68 bits per heavy atom. The van der Waals surface area contributed by atoms with Crippen LogP contribution in [0.3, 0.4) is 0 Å². The maximum Gasteiger partial charge on any atom is 0.181 e. The Balaban J connectivity index is 2.01. The van der Waals surface area contributed by atoms with Crippen LogP contribution in [0.1, 0.15) is 25.3 Å². The topological polar surface area (TPSA) is 0 Å². The average molecular weight is 377 g/mol. The van der Waals surface area contributed by atoms with Crippen molar-refractivity contribution in [3.63, 3.8) is 0 Å². The van der Waals surface area contributed by atoms with E-state index in [0.29, 0.717) is 5.92 Å². The van der Waals surface area contributed by atoms with Gasteiger partial charge in [-0.3, -0.25) is 0 Å². The highest BCUT2D eigenvalue weighted by Gasteiger charge is 2.49. The molecular formula is C27H24Si. The van der Waals surface area contributed by atoms with Gasteiger partial charge in [0.2, 0.25) is 0 Å². The van der Waals surface area contributed by atoms with Crippen LogP contribution in [0.2, 0.25) is 0 Å². The van der Waals surface area contributed by atoms with Crippen molar-refractivity contribution in [3.05, 3.63) is 109 Å². The van der Waals surface area contributed by atoms with Gasteiger partial charge < -0.3 is 0 Å². The van der Waals surface area contributed by atoms with Crippen molar-refractivity contribution in [1.29, 1.82) is 0 Å². The third kappa shape index (κ3) is 2.30. The van der Waals surface area contributed by atoms with Crippen LogP contribution in [0.25, 0.3) is 11.1 Å². The first-order chi connectivity index (χ1) is 13.7. The summed E-state index contributed by atoms with van der Waals surface area (Å²) in [5.41, 5.74) is 4.34. The molecule has 0 amide bonds. The van der Waals surface area contributed by atoms with Crippen molar-refractivity contribution < 1.29 is 0 Å². The zero-order chi connectivity index (χ0) is 19.1. The van der Waals surface area contributed by atoms with E-state index in [0.717, 1.165) is 0 Å². The molecule has 1 heteroatoms. The van der Waals surface area contributed by atoms with Gasteiger partial charge in [0.05, 0.1) is 0 Å². The van der Waals surface area contributed by atoms with E-state index in [9.17, 15) is 0 Å². The molecule has 0 unspecified atom stereocenters. The van der Waals surface area contributed by atoms with Gasteiger partial charge in [-0.05, 0) is 43.4 Å². The van der Waals surface area contributed by atoms with Crippen LogP contribution >= 0.6 is 0 Å². The molecule has 0 spiro atoms. The van der Waals surface area contributed by atoms with E-state index in [-0.39, 0.29) is 0 Å². The molecule has 5 rings (SSSR count). The van der Waals surface area contributed by atoms with Crippen molar-refractivity contribution in [2.45, 2.75) is 19.8 Å². The molecule has 136 valence electrons. The minimum atomic E-state index is -2.33. The lowest BCUT2D eigenvalue weighted by molar-refractivity contribution is 0.873. The third-order valence-corrected chi connectivity index (χ3v) is 11.1. The minimum absolute atomic E-state index is 0.489. The predicted molar refractivity (Wildman–Crippen MR) is 123 cm³/mol. The lowest BCUT2D eigenvalue weighted by Crippen LogP contribution is -2.73. The smallest absolute Gasteiger partial charge is 0.0623 e. The fourth-order valence-electron chi connectivity index (χ4n) is 5.02. The zero-order valence-corrected chi connectivity index (χ0v) is 17.4. The van der Waals surface area contributed by atoms with Gasteiger partial charge in [-0.15, -0.1) is 0 Å². The highest BCUT2D eigenvalue weighted by atomic mass is 28.3. The van der Waals surface area contributed by atoms with E-state index in [2.05, 4.69) is 117 Å². The van der Waals surface area contributed by atoms with E-state index in [1.54, 1.807) is 5.19 Å². The Kier molecular flexibility index (Phi) is 4.06. The lowest BCUT2D eigenvalue weighted by Gasteiger charge is -2.33. The second kappa shape index (κ2) is 6.61. The van der Waals surface area contributed by atoms with Gasteiger partial charge in [-0.1, -0.05) is 117 Å². The molecule has 0 fully saturated rings. The molecule has 0 N–H and O–H groups in total. The summed E-state index contributed by atoms with van der Waals surface area (Å²) in [6, 6.07) is 38.5. The van der Waals surface area contributed by atoms with E-state index < -0.39 is 8.07 Å². The molecule has 0 radical (unpaired) electrons. The molecule has 0 aliphatic carbocycles. The molecule has 0 aromatic heterocycles. The zero-order valence-electron chi connectivity index (χ0n) is 16.4. The molecule has 0 bridgehead atoms. The van der Waals surface area contributed by atoms with Crippen molar-refractivity contribution in [1.82, 2.24) is 0 Å². The van der Waals surface area contributed by atoms with Crippen molar-refractivity contribution >= 4 is 28.8 Å². The molecule has 0 nitrogen and oxygen atoms in total. The monoisotopic (exact) mass is 376 g/mol. The average Bonchev–Trinajstić information content (AvgIpc) is 3.06. The number of hydrogen-bond donors (Lipinski definition) is 0. The lowest BCUT2D eigenvalue weighted by atomic mass is 9.97. The van der Waals surface area contributed by atoms with Crippen molar-refractivity contribution in [2.24, 2.45) is 0 Å². The Morgan fingerprint density at radius 2 is 1.07 bits per heavy atom. The van der Waals surface area contributed by atoms with Gasteiger partial charge in [0.1, 0.15) is 0 Å². The fourth-order valence-corrected chi connectivity index (χ4v) is 10.6. The predicted octanol–water partition coefficient (Wildman–Crippen LogP) is 4.17. The first-order valence-electron chi connectivity index (χ1n) is 10.1. The second-order valence-electron chi connectivity index (χ2n) is 7.95. The minimum Gasteiger partial charge on any atom is -0.0623 e. The van der Waals surface area contributed by atoms with Gasteiger partial charge >= 0.3 is 0 Å². The standard InChI is InChI=1S/C27H24Si/c1-20(2)23-17-11-18-25-24-16-9-10-19-26(24)28(27(23)25,21-12-5-3-6-13-21)22-14-7-4-8-15-22/h3-20H,1-2H3. The molecule has 0 atom stereocenters. The molecule has 1 heterocycles. The van der Waals surface area contributed by atoms with Gasteiger partial charge in [0.15, 0.2) is 8.07 Å². The van der Waals surface area contributed by atoms with Gasteiger partial charge in [0.25, 0.3) is 0 Å². The van der Waals surface area contributed by atoms with Crippen molar-refractivity contribution in [2.75, 3.05) is 0 Å². The van der Waals surface area contributed by atoms with E-state index in [1.807, 2.05) is 0 Å². The van der Waals surface area contributed by atoms with Crippen LogP contribution < -0.4 is 20.7 Å². The number of fused-ring (bicyclic) bond motifs is 3. The van der Waals surface area contributed by atoms with Crippen LogP contribution in [-0.2, 0) is 0 Å². The molecule has 0 saturated carbocycles. The van der Waals surface area contributed by atoms with Crippen LogP contribution in [0, 0.1) is 0 Å². The Labute approximate surface area is 168 Å². The molecule has 0 saturated heterocycles. The van der Waals surface area contributed by atoms with Gasteiger partial charge in [-0.2, -0.15) is 0 Å². The van der Waals surface area contributed by atoms with Crippen LogP contribution in [-0.4, -0.2) is 8.07 Å². The molecule has 4 aromatic carbocycles. The Bertz CT molecular complexity index is 1090. The number of rotatable bonds is 3. The highest BCUT2D eigenvalue weighted by molar-refractivity contribution is 7.22. The molecular weight excluding hydrogens is 352 g/mol. The molecule has 4 aromatic rings. The number of benzene rings is 4. The van der Waals surface area contributed by atoms with Gasteiger partial charge in [0, 0.05) is 0 Å². The molecule has 1 aliphatic heterocycles. The Morgan fingerprint density at radius 1 is 0.536 bits per heavy atom. The fraction of sp³-hybridized carbons (Fsp3) is 0.111. The summed E-state index contributed by atoms with van der Waals surface area (Å²) in [4.78, 5) is 0. The largest absolute Gasteiger partial charge is 0.181 e. The maximum absolute atomic E-state index is 2.38. The summed E-state index contributed by atoms with van der Waals surface area (Å²) in [6.45, 7) is 4.65. The molecule has 1 aliphatic rings. The highest BCUT2D eigenvalue weighted by Crippen LogP contribution is 2.31. The summed E-state index contributed by atoms with van der Waals surface area (Å²) in [6.07, 6.45) is 0. The number of hydrogen-bond acceptors (Lipinski definition) is 0. The van der Waals surface area contributed by atoms with Crippen LogP contribution in [0.5, 0.6) is 0 Å². The first kappa shape index (κ1) is 17.2. The first-order valence-corrected chi connectivity index (χ1v) is 12.1. The summed E-state index contributed by atoms with van der Waals surface area (Å²) in [5, 5.41) is 6.06. The third-order valence-electron chi connectivity index (χ3n) is 6.13. The van der Waals surface area contributed by atoms with Crippen molar-refractivity contribution in [3.8, 4) is 11.1 Å². The summed E-state index contributed by atoms with van der Waals surface area (Å²) in [7, 11) is -2.33. The Hall–Kier alpha value is -2.90. The second-order valence-corrected chi connectivity index (χ2v) is 11.6. The van der Waals surface area contributed by atoms with Crippen LogP contribution in [0.4, 0.5) is 0 Å².